The minimum absolute atomic E-state index is 0.0227. The van der Waals surface area contributed by atoms with E-state index in [1.54, 1.807) is 18.1 Å². The molecule has 3 heterocycles. The number of aromatic nitrogens is 2. The van der Waals surface area contributed by atoms with Crippen LogP contribution < -0.4 is 5.32 Å². The van der Waals surface area contributed by atoms with Crippen LogP contribution in [-0.2, 0) is 22.6 Å². The van der Waals surface area contributed by atoms with Crippen LogP contribution in [0.4, 0.5) is 0 Å². The minimum Gasteiger partial charge on any atom is -0.351 e. The normalized spacial score (nSPS) is 25.7. The second-order valence-electron chi connectivity index (χ2n) is 6.91. The first-order chi connectivity index (χ1) is 12.1. The van der Waals surface area contributed by atoms with Gasteiger partial charge in [-0.1, -0.05) is 30.3 Å². The second-order valence-corrected chi connectivity index (χ2v) is 6.91. The van der Waals surface area contributed by atoms with Crippen molar-refractivity contribution >= 4 is 11.8 Å². The molecule has 6 nitrogen and oxygen atoms in total. The fraction of sp³-hybridized carbons (Fsp3) is 0.421. The molecular weight excluding hydrogens is 316 g/mol. The lowest BCUT2D eigenvalue weighted by Gasteiger charge is -2.28. The first-order valence-corrected chi connectivity index (χ1v) is 8.74. The number of likely N-dealkylation sites (tertiary alicyclic amines) is 1. The summed E-state index contributed by atoms with van der Waals surface area (Å²) in [6, 6.07) is 9.70. The molecule has 25 heavy (non-hydrogen) atoms. The summed E-state index contributed by atoms with van der Waals surface area (Å²) >= 11 is 0. The number of hydrogen-bond donors (Lipinski definition) is 1. The Hall–Kier alpha value is -2.63. The standard InChI is InChI=1S/C19H22N4O2/c1-22-17(24)11-15(18(22)13-5-3-2-4-6-13)19(25)21-14-7-8-16-20-9-10-23(16)12-14/h2-6,9-10,14-15,18H,7-8,11-12H2,1H3,(H,21,25)/t14-,15+,18+/m1/s1. The highest BCUT2D eigenvalue weighted by Crippen LogP contribution is 2.37. The first-order valence-electron chi connectivity index (χ1n) is 8.74. The monoisotopic (exact) mass is 338 g/mol. The van der Waals surface area contributed by atoms with Gasteiger partial charge in [-0.25, -0.2) is 4.98 Å². The van der Waals surface area contributed by atoms with Gasteiger partial charge < -0.3 is 14.8 Å². The Balaban J connectivity index is 1.50. The van der Waals surface area contributed by atoms with Crippen molar-refractivity contribution in [2.24, 2.45) is 5.92 Å². The van der Waals surface area contributed by atoms with Gasteiger partial charge in [0, 0.05) is 44.9 Å². The van der Waals surface area contributed by atoms with Crippen LogP contribution in [0.3, 0.4) is 0 Å². The summed E-state index contributed by atoms with van der Waals surface area (Å²) in [5.41, 5.74) is 1.01. The molecule has 2 aliphatic rings. The van der Waals surface area contributed by atoms with Crippen LogP contribution >= 0.6 is 0 Å². The molecule has 3 atom stereocenters. The van der Waals surface area contributed by atoms with Crippen LogP contribution in [-0.4, -0.2) is 39.4 Å². The van der Waals surface area contributed by atoms with Gasteiger partial charge in [0.15, 0.2) is 0 Å². The molecule has 0 bridgehead atoms. The van der Waals surface area contributed by atoms with Crippen molar-refractivity contribution in [3.8, 4) is 0 Å². The van der Waals surface area contributed by atoms with Gasteiger partial charge in [0.1, 0.15) is 5.82 Å². The topological polar surface area (TPSA) is 67.2 Å². The summed E-state index contributed by atoms with van der Waals surface area (Å²) in [6.45, 7) is 0.744. The molecular formula is C19H22N4O2. The molecule has 1 aromatic heterocycles. The van der Waals surface area contributed by atoms with E-state index in [9.17, 15) is 9.59 Å². The van der Waals surface area contributed by atoms with Gasteiger partial charge in [-0.2, -0.15) is 0 Å². The van der Waals surface area contributed by atoms with Gasteiger partial charge in [-0.05, 0) is 12.0 Å². The molecule has 0 aliphatic carbocycles. The number of amides is 2. The Labute approximate surface area is 146 Å². The zero-order valence-electron chi connectivity index (χ0n) is 14.3. The van der Waals surface area contributed by atoms with Crippen LogP contribution in [0.1, 0.15) is 30.3 Å². The fourth-order valence-electron chi connectivity index (χ4n) is 4.00. The Kier molecular flexibility index (Phi) is 4.03. The Morgan fingerprint density at radius 2 is 2.08 bits per heavy atom. The molecule has 1 saturated heterocycles. The van der Waals surface area contributed by atoms with Crippen molar-refractivity contribution in [2.45, 2.75) is 37.9 Å². The smallest absolute Gasteiger partial charge is 0.226 e. The Bertz CT molecular complexity index is 786. The molecule has 1 aromatic carbocycles. The summed E-state index contributed by atoms with van der Waals surface area (Å²) < 4.78 is 2.09. The molecule has 1 fully saturated rings. The molecule has 130 valence electrons. The van der Waals surface area contributed by atoms with Gasteiger partial charge in [0.05, 0.1) is 12.0 Å². The van der Waals surface area contributed by atoms with E-state index in [0.717, 1.165) is 30.8 Å². The molecule has 2 aliphatic heterocycles. The van der Waals surface area contributed by atoms with Gasteiger partial charge in [-0.3, -0.25) is 9.59 Å². The van der Waals surface area contributed by atoms with E-state index in [1.807, 2.05) is 36.5 Å². The summed E-state index contributed by atoms with van der Waals surface area (Å²) in [4.78, 5) is 31.2. The van der Waals surface area contributed by atoms with Crippen LogP contribution in [0.15, 0.2) is 42.7 Å². The highest BCUT2D eigenvalue weighted by molar-refractivity contribution is 5.90. The van der Waals surface area contributed by atoms with E-state index < -0.39 is 0 Å². The largest absolute Gasteiger partial charge is 0.351 e. The lowest BCUT2D eigenvalue weighted by Crippen LogP contribution is -2.44. The Morgan fingerprint density at radius 1 is 1.28 bits per heavy atom. The van der Waals surface area contributed by atoms with Crippen LogP contribution in [0.2, 0.25) is 0 Å². The molecule has 6 heteroatoms. The van der Waals surface area contributed by atoms with E-state index >= 15 is 0 Å². The Morgan fingerprint density at radius 3 is 2.88 bits per heavy atom. The molecule has 2 aromatic rings. The summed E-state index contributed by atoms with van der Waals surface area (Å²) in [5.74, 6) is 0.724. The third-order valence-corrected chi connectivity index (χ3v) is 5.35. The lowest BCUT2D eigenvalue weighted by molar-refractivity contribution is -0.128. The predicted molar refractivity (Wildman–Crippen MR) is 92.5 cm³/mol. The number of rotatable bonds is 3. The van der Waals surface area contributed by atoms with Crippen LogP contribution in [0, 0.1) is 5.92 Å². The summed E-state index contributed by atoms with van der Waals surface area (Å²) in [7, 11) is 1.78. The van der Waals surface area contributed by atoms with E-state index in [1.165, 1.54) is 0 Å². The minimum atomic E-state index is -0.343. The third-order valence-electron chi connectivity index (χ3n) is 5.35. The number of nitrogens with zero attached hydrogens (tertiary/aromatic N) is 3. The number of carbonyl (C=O) groups excluding carboxylic acids is 2. The lowest BCUT2D eigenvalue weighted by atomic mass is 9.92. The quantitative estimate of drug-likeness (QED) is 0.923. The molecule has 4 rings (SSSR count). The van der Waals surface area contributed by atoms with E-state index in [0.29, 0.717) is 0 Å². The number of aryl methyl sites for hydroxylation is 1. The first kappa shape index (κ1) is 15.9. The SMILES string of the molecule is CN1C(=O)C[C@H](C(=O)N[C@@H]2CCc3nccn3C2)[C@@H]1c1ccccc1. The molecule has 2 amide bonds. The number of imidazole rings is 1. The van der Waals surface area contributed by atoms with E-state index in [4.69, 9.17) is 0 Å². The van der Waals surface area contributed by atoms with Crippen molar-refractivity contribution in [1.82, 2.24) is 19.8 Å². The van der Waals surface area contributed by atoms with Gasteiger partial charge >= 0.3 is 0 Å². The second kappa shape index (κ2) is 6.35. The van der Waals surface area contributed by atoms with Crippen molar-refractivity contribution in [2.75, 3.05) is 7.05 Å². The van der Waals surface area contributed by atoms with E-state index in [-0.39, 0.29) is 36.2 Å². The number of carbonyl (C=O) groups is 2. The van der Waals surface area contributed by atoms with Gasteiger partial charge in [0.2, 0.25) is 11.8 Å². The van der Waals surface area contributed by atoms with Gasteiger partial charge in [-0.15, -0.1) is 0 Å². The van der Waals surface area contributed by atoms with Crippen molar-refractivity contribution in [1.29, 1.82) is 0 Å². The van der Waals surface area contributed by atoms with Gasteiger partial charge in [0.25, 0.3) is 0 Å². The van der Waals surface area contributed by atoms with Crippen molar-refractivity contribution < 1.29 is 9.59 Å². The van der Waals surface area contributed by atoms with Crippen molar-refractivity contribution in [3.63, 3.8) is 0 Å². The highest BCUT2D eigenvalue weighted by atomic mass is 16.2. The predicted octanol–water partition coefficient (Wildman–Crippen LogP) is 1.53. The molecule has 0 unspecified atom stereocenters. The number of fused-ring (bicyclic) bond motifs is 1. The maximum Gasteiger partial charge on any atom is 0.226 e. The fourth-order valence-corrected chi connectivity index (χ4v) is 4.00. The molecule has 0 saturated carbocycles. The highest BCUT2D eigenvalue weighted by Gasteiger charge is 2.43. The summed E-state index contributed by atoms with van der Waals surface area (Å²) in [6.07, 6.45) is 5.77. The molecule has 1 N–H and O–H groups in total. The average molecular weight is 338 g/mol. The van der Waals surface area contributed by atoms with Crippen molar-refractivity contribution in [3.05, 3.63) is 54.1 Å². The van der Waals surface area contributed by atoms with Crippen LogP contribution in [0.5, 0.6) is 0 Å². The third kappa shape index (κ3) is 2.92. The average Bonchev–Trinajstić information content (AvgIpc) is 3.20. The maximum atomic E-state index is 12.9. The number of benzene rings is 1. The number of nitrogens with one attached hydrogen (secondary N) is 1. The summed E-state index contributed by atoms with van der Waals surface area (Å²) in [5, 5.41) is 3.17. The molecule has 0 radical (unpaired) electrons. The van der Waals surface area contributed by atoms with Crippen LogP contribution in [0.25, 0.3) is 0 Å². The van der Waals surface area contributed by atoms with E-state index in [2.05, 4.69) is 14.9 Å². The zero-order valence-corrected chi connectivity index (χ0v) is 14.3. The molecule has 0 spiro atoms. The maximum absolute atomic E-state index is 12.9. The number of hydrogen-bond acceptors (Lipinski definition) is 3. The zero-order chi connectivity index (χ0) is 17.4.